The molecule has 14 heavy (non-hydrogen) atoms. The standard InChI is InChI=1S/C12H17NO/c1-13-8-10-4-2-3-9-7-11(14)5-6-12(9)10/h5-7,10,13-14H,2-4,8H2,1H3. The van der Waals surface area contributed by atoms with Gasteiger partial charge in [-0.05, 0) is 55.5 Å². The van der Waals surface area contributed by atoms with Gasteiger partial charge >= 0.3 is 0 Å². The Kier molecular flexibility index (Phi) is 2.73. The molecule has 2 heteroatoms. The molecule has 1 aliphatic rings. The minimum atomic E-state index is 0.397. The van der Waals surface area contributed by atoms with Crippen LogP contribution in [0.25, 0.3) is 0 Å². The molecule has 0 radical (unpaired) electrons. The summed E-state index contributed by atoms with van der Waals surface area (Å²) in [6.07, 6.45) is 3.62. The van der Waals surface area contributed by atoms with Crippen LogP contribution in [0.4, 0.5) is 0 Å². The summed E-state index contributed by atoms with van der Waals surface area (Å²) in [7, 11) is 1.99. The lowest BCUT2D eigenvalue weighted by molar-refractivity contribution is 0.470. The fourth-order valence-electron chi connectivity index (χ4n) is 2.36. The molecule has 0 spiro atoms. The van der Waals surface area contributed by atoms with Crippen molar-refractivity contribution in [2.75, 3.05) is 13.6 Å². The number of rotatable bonds is 2. The number of hydrogen-bond acceptors (Lipinski definition) is 2. The number of phenolic OH excluding ortho intramolecular Hbond substituents is 1. The predicted octanol–water partition coefficient (Wildman–Crippen LogP) is 2.03. The number of phenols is 1. The van der Waals surface area contributed by atoms with E-state index in [1.54, 1.807) is 6.07 Å². The van der Waals surface area contributed by atoms with E-state index in [0.29, 0.717) is 11.7 Å². The Morgan fingerprint density at radius 3 is 3.14 bits per heavy atom. The average Bonchev–Trinajstić information content (AvgIpc) is 2.18. The zero-order valence-corrected chi connectivity index (χ0v) is 8.59. The Morgan fingerprint density at radius 1 is 1.50 bits per heavy atom. The molecule has 0 fully saturated rings. The van der Waals surface area contributed by atoms with Crippen LogP contribution in [0.1, 0.15) is 29.9 Å². The summed E-state index contributed by atoms with van der Waals surface area (Å²) >= 11 is 0. The summed E-state index contributed by atoms with van der Waals surface area (Å²) in [4.78, 5) is 0. The maximum Gasteiger partial charge on any atom is 0.115 e. The summed E-state index contributed by atoms with van der Waals surface area (Å²) in [5.41, 5.74) is 2.75. The van der Waals surface area contributed by atoms with E-state index in [9.17, 15) is 5.11 Å². The van der Waals surface area contributed by atoms with Crippen molar-refractivity contribution in [1.29, 1.82) is 0 Å². The van der Waals surface area contributed by atoms with Crippen molar-refractivity contribution in [3.8, 4) is 5.75 Å². The van der Waals surface area contributed by atoms with Gasteiger partial charge in [-0.2, -0.15) is 0 Å². The minimum Gasteiger partial charge on any atom is -0.508 e. The fourth-order valence-corrected chi connectivity index (χ4v) is 2.36. The monoisotopic (exact) mass is 191 g/mol. The molecule has 0 aromatic heterocycles. The van der Waals surface area contributed by atoms with Crippen molar-refractivity contribution in [3.05, 3.63) is 29.3 Å². The third-order valence-electron chi connectivity index (χ3n) is 3.02. The van der Waals surface area contributed by atoms with Gasteiger partial charge in [0.2, 0.25) is 0 Å². The third-order valence-corrected chi connectivity index (χ3v) is 3.02. The topological polar surface area (TPSA) is 32.3 Å². The Bertz CT molecular complexity index is 322. The highest BCUT2D eigenvalue weighted by Crippen LogP contribution is 2.32. The molecule has 0 heterocycles. The van der Waals surface area contributed by atoms with Crippen LogP contribution in [0.15, 0.2) is 18.2 Å². The molecule has 2 N–H and O–H groups in total. The number of hydrogen-bond donors (Lipinski definition) is 2. The van der Waals surface area contributed by atoms with E-state index in [1.807, 2.05) is 13.1 Å². The average molecular weight is 191 g/mol. The highest BCUT2D eigenvalue weighted by molar-refractivity contribution is 5.38. The van der Waals surface area contributed by atoms with Gasteiger partial charge in [-0.15, -0.1) is 0 Å². The number of nitrogens with one attached hydrogen (secondary N) is 1. The lowest BCUT2D eigenvalue weighted by Crippen LogP contribution is -2.21. The molecule has 76 valence electrons. The molecule has 0 aliphatic heterocycles. The van der Waals surface area contributed by atoms with Crippen molar-refractivity contribution < 1.29 is 5.11 Å². The minimum absolute atomic E-state index is 0.397. The first-order chi connectivity index (χ1) is 6.81. The summed E-state index contributed by atoms with van der Waals surface area (Å²) in [6.45, 7) is 1.04. The van der Waals surface area contributed by atoms with Gasteiger partial charge < -0.3 is 10.4 Å². The molecule has 1 aromatic carbocycles. The molecule has 1 aromatic rings. The Morgan fingerprint density at radius 2 is 2.36 bits per heavy atom. The molecule has 1 aliphatic carbocycles. The number of aryl methyl sites for hydroxylation is 1. The van der Waals surface area contributed by atoms with Crippen LogP contribution in [0.5, 0.6) is 5.75 Å². The van der Waals surface area contributed by atoms with Crippen LogP contribution in [0.2, 0.25) is 0 Å². The van der Waals surface area contributed by atoms with Crippen molar-refractivity contribution in [1.82, 2.24) is 5.32 Å². The Hall–Kier alpha value is -1.02. The van der Waals surface area contributed by atoms with Crippen LogP contribution >= 0.6 is 0 Å². The number of likely N-dealkylation sites (N-methyl/N-ethyl adjacent to an activating group) is 1. The molecular formula is C12H17NO. The molecule has 2 rings (SSSR count). The second-order valence-electron chi connectivity index (χ2n) is 4.03. The zero-order valence-electron chi connectivity index (χ0n) is 8.59. The van der Waals surface area contributed by atoms with Crippen LogP contribution < -0.4 is 5.32 Å². The van der Waals surface area contributed by atoms with Gasteiger partial charge in [-0.3, -0.25) is 0 Å². The van der Waals surface area contributed by atoms with Crippen LogP contribution in [-0.2, 0) is 6.42 Å². The van der Waals surface area contributed by atoms with Crippen molar-refractivity contribution >= 4 is 0 Å². The second kappa shape index (κ2) is 4.01. The SMILES string of the molecule is CNCC1CCCc2cc(O)ccc21. The van der Waals surface area contributed by atoms with Gasteiger partial charge in [0.1, 0.15) is 5.75 Å². The first-order valence-corrected chi connectivity index (χ1v) is 5.27. The van der Waals surface area contributed by atoms with Crippen LogP contribution in [-0.4, -0.2) is 18.7 Å². The lowest BCUT2D eigenvalue weighted by Gasteiger charge is -2.25. The van der Waals surface area contributed by atoms with E-state index in [0.717, 1.165) is 13.0 Å². The van der Waals surface area contributed by atoms with Gasteiger partial charge in [-0.1, -0.05) is 6.07 Å². The first-order valence-electron chi connectivity index (χ1n) is 5.27. The van der Waals surface area contributed by atoms with E-state index < -0.39 is 0 Å². The van der Waals surface area contributed by atoms with Crippen LogP contribution in [0.3, 0.4) is 0 Å². The summed E-state index contributed by atoms with van der Waals surface area (Å²) in [5.74, 6) is 1.03. The summed E-state index contributed by atoms with van der Waals surface area (Å²) in [6, 6.07) is 5.79. The molecule has 1 unspecified atom stereocenters. The van der Waals surface area contributed by atoms with Gasteiger partial charge in [-0.25, -0.2) is 0 Å². The van der Waals surface area contributed by atoms with Crippen molar-refractivity contribution in [2.24, 2.45) is 0 Å². The highest BCUT2D eigenvalue weighted by Gasteiger charge is 2.19. The molecule has 2 nitrogen and oxygen atoms in total. The summed E-state index contributed by atoms with van der Waals surface area (Å²) in [5, 5.41) is 12.6. The third kappa shape index (κ3) is 1.75. The van der Waals surface area contributed by atoms with Crippen molar-refractivity contribution in [3.63, 3.8) is 0 Å². The lowest BCUT2D eigenvalue weighted by atomic mass is 9.83. The number of aromatic hydroxyl groups is 1. The summed E-state index contributed by atoms with van der Waals surface area (Å²) < 4.78 is 0. The van der Waals surface area contributed by atoms with E-state index in [1.165, 1.54) is 24.0 Å². The smallest absolute Gasteiger partial charge is 0.115 e. The Labute approximate surface area is 85.0 Å². The van der Waals surface area contributed by atoms with Gasteiger partial charge in [0.25, 0.3) is 0 Å². The van der Waals surface area contributed by atoms with Crippen molar-refractivity contribution in [2.45, 2.75) is 25.2 Å². The molecule has 1 atom stereocenters. The first kappa shape index (κ1) is 9.53. The normalized spacial score (nSPS) is 20.5. The van der Waals surface area contributed by atoms with Crippen LogP contribution in [0, 0.1) is 0 Å². The fraction of sp³-hybridized carbons (Fsp3) is 0.500. The largest absolute Gasteiger partial charge is 0.508 e. The maximum absolute atomic E-state index is 9.39. The maximum atomic E-state index is 9.39. The molecule has 0 amide bonds. The number of fused-ring (bicyclic) bond motifs is 1. The zero-order chi connectivity index (χ0) is 9.97. The molecule has 0 saturated carbocycles. The second-order valence-corrected chi connectivity index (χ2v) is 4.03. The molecule has 0 bridgehead atoms. The highest BCUT2D eigenvalue weighted by atomic mass is 16.3. The van der Waals surface area contributed by atoms with Gasteiger partial charge in [0.15, 0.2) is 0 Å². The number of benzene rings is 1. The quantitative estimate of drug-likeness (QED) is 0.749. The predicted molar refractivity (Wildman–Crippen MR) is 57.7 cm³/mol. The van der Waals surface area contributed by atoms with E-state index in [2.05, 4.69) is 11.4 Å². The van der Waals surface area contributed by atoms with E-state index in [4.69, 9.17) is 0 Å². The molecule has 0 saturated heterocycles. The molecular weight excluding hydrogens is 174 g/mol. The van der Waals surface area contributed by atoms with Gasteiger partial charge in [0.05, 0.1) is 0 Å². The van der Waals surface area contributed by atoms with Gasteiger partial charge in [0, 0.05) is 6.54 Å². The van der Waals surface area contributed by atoms with E-state index >= 15 is 0 Å². The Balaban J connectivity index is 2.30. The van der Waals surface area contributed by atoms with E-state index in [-0.39, 0.29) is 0 Å².